The van der Waals surface area contributed by atoms with Gasteiger partial charge >= 0.3 is 0 Å². The molecule has 108 valence electrons. The van der Waals surface area contributed by atoms with E-state index in [9.17, 15) is 4.79 Å². The summed E-state index contributed by atoms with van der Waals surface area (Å²) < 4.78 is 6.03. The van der Waals surface area contributed by atoms with Crippen molar-refractivity contribution < 1.29 is 9.53 Å². The van der Waals surface area contributed by atoms with Gasteiger partial charge in [0, 0.05) is 19.2 Å². The van der Waals surface area contributed by atoms with Crippen LogP contribution in [-0.4, -0.2) is 37.6 Å². The molecule has 19 heavy (non-hydrogen) atoms. The number of hydrogen-bond acceptors (Lipinski definition) is 4. The van der Waals surface area contributed by atoms with Crippen molar-refractivity contribution in [3.63, 3.8) is 0 Å². The highest BCUT2D eigenvalue weighted by Gasteiger charge is 2.35. The molecule has 1 saturated heterocycles. The molecule has 0 bridgehead atoms. The van der Waals surface area contributed by atoms with Gasteiger partial charge in [0.25, 0.3) is 5.91 Å². The van der Waals surface area contributed by atoms with E-state index in [1.165, 1.54) is 11.3 Å². The summed E-state index contributed by atoms with van der Waals surface area (Å²) in [7, 11) is 1.60. The van der Waals surface area contributed by atoms with Crippen LogP contribution in [0, 0.1) is 5.41 Å². The molecule has 1 amide bonds. The molecule has 1 fully saturated rings. The minimum atomic E-state index is 0. The van der Waals surface area contributed by atoms with Crippen LogP contribution >= 0.6 is 39.7 Å². The second-order valence-electron chi connectivity index (χ2n) is 4.94. The fourth-order valence-corrected chi connectivity index (χ4v) is 3.73. The third-order valence-corrected chi connectivity index (χ3v) is 5.19. The van der Waals surface area contributed by atoms with Crippen LogP contribution in [0.25, 0.3) is 0 Å². The van der Waals surface area contributed by atoms with Gasteiger partial charge in [-0.2, -0.15) is 0 Å². The molecule has 2 rings (SSSR count). The first kappa shape index (κ1) is 16.8. The quantitative estimate of drug-likeness (QED) is 0.891. The van der Waals surface area contributed by atoms with E-state index in [4.69, 9.17) is 10.5 Å². The van der Waals surface area contributed by atoms with Crippen LogP contribution in [0.2, 0.25) is 0 Å². The standard InChI is InChI=1S/C12H17BrN2O2S.ClH/c1-12(6-14)3-4-15(7-12)11(16)9-5-8(17-2)10(13)18-9;/h5H,3-4,6-7,14H2,1-2H3;1H. The first-order valence-electron chi connectivity index (χ1n) is 5.82. The average molecular weight is 370 g/mol. The minimum Gasteiger partial charge on any atom is -0.495 e. The Labute approximate surface area is 131 Å². The van der Waals surface area contributed by atoms with Gasteiger partial charge < -0.3 is 15.4 Å². The summed E-state index contributed by atoms with van der Waals surface area (Å²) in [6, 6.07) is 1.79. The van der Waals surface area contributed by atoms with E-state index in [0.29, 0.717) is 17.2 Å². The van der Waals surface area contributed by atoms with E-state index in [1.807, 2.05) is 4.90 Å². The van der Waals surface area contributed by atoms with Gasteiger partial charge in [0.2, 0.25) is 0 Å². The molecular weight excluding hydrogens is 352 g/mol. The van der Waals surface area contributed by atoms with Crippen LogP contribution in [0.5, 0.6) is 5.75 Å². The lowest BCUT2D eigenvalue weighted by molar-refractivity contribution is 0.0781. The maximum absolute atomic E-state index is 12.4. The number of likely N-dealkylation sites (tertiary alicyclic amines) is 1. The number of methoxy groups -OCH3 is 1. The Bertz CT molecular complexity index is 469. The zero-order valence-electron chi connectivity index (χ0n) is 10.9. The summed E-state index contributed by atoms with van der Waals surface area (Å²) >= 11 is 4.80. The van der Waals surface area contributed by atoms with Crippen molar-refractivity contribution in [2.75, 3.05) is 26.7 Å². The number of nitrogens with zero attached hydrogens (tertiary/aromatic N) is 1. The molecule has 7 heteroatoms. The van der Waals surface area contributed by atoms with Crippen LogP contribution in [0.3, 0.4) is 0 Å². The van der Waals surface area contributed by atoms with E-state index in [1.54, 1.807) is 13.2 Å². The number of halogens is 2. The van der Waals surface area contributed by atoms with Crippen molar-refractivity contribution in [3.05, 3.63) is 14.7 Å². The molecule has 2 heterocycles. The first-order valence-corrected chi connectivity index (χ1v) is 7.43. The highest BCUT2D eigenvalue weighted by Crippen LogP contribution is 2.36. The third kappa shape index (κ3) is 3.42. The fraction of sp³-hybridized carbons (Fsp3) is 0.583. The predicted molar refractivity (Wildman–Crippen MR) is 83.5 cm³/mol. The molecule has 1 aliphatic heterocycles. The van der Waals surface area contributed by atoms with Crippen molar-refractivity contribution >= 4 is 45.6 Å². The molecule has 0 saturated carbocycles. The van der Waals surface area contributed by atoms with Crippen LogP contribution in [0.15, 0.2) is 9.85 Å². The molecular formula is C12H18BrClN2O2S. The first-order chi connectivity index (χ1) is 8.49. The second kappa shape index (κ2) is 6.43. The van der Waals surface area contributed by atoms with Gasteiger partial charge in [0.15, 0.2) is 0 Å². The Morgan fingerprint density at radius 2 is 2.37 bits per heavy atom. The van der Waals surface area contributed by atoms with Gasteiger partial charge in [-0.05, 0) is 34.3 Å². The van der Waals surface area contributed by atoms with Gasteiger partial charge in [-0.25, -0.2) is 0 Å². The summed E-state index contributed by atoms with van der Waals surface area (Å²) in [6.07, 6.45) is 0.971. The number of carbonyl (C=O) groups is 1. The molecule has 1 aliphatic rings. The highest BCUT2D eigenvalue weighted by molar-refractivity contribution is 9.11. The lowest BCUT2D eigenvalue weighted by Gasteiger charge is -2.22. The zero-order chi connectivity index (χ0) is 13.3. The molecule has 4 nitrogen and oxygen atoms in total. The van der Waals surface area contributed by atoms with Gasteiger partial charge in [-0.3, -0.25) is 4.79 Å². The Morgan fingerprint density at radius 3 is 2.84 bits per heavy atom. The topological polar surface area (TPSA) is 55.6 Å². The van der Waals surface area contributed by atoms with Crippen molar-refractivity contribution in [2.45, 2.75) is 13.3 Å². The lowest BCUT2D eigenvalue weighted by Crippen LogP contribution is -2.34. The summed E-state index contributed by atoms with van der Waals surface area (Å²) in [4.78, 5) is 14.9. The Hall–Kier alpha value is -0.300. The fourth-order valence-electron chi connectivity index (χ4n) is 2.12. The molecule has 0 radical (unpaired) electrons. The third-order valence-electron chi connectivity index (χ3n) is 3.42. The number of amides is 1. The van der Waals surface area contributed by atoms with Crippen LogP contribution in [0.1, 0.15) is 23.0 Å². The number of hydrogen-bond donors (Lipinski definition) is 1. The molecule has 1 aromatic heterocycles. The molecule has 1 aromatic rings. The Kier molecular flexibility index (Phi) is 5.67. The molecule has 1 unspecified atom stereocenters. The van der Waals surface area contributed by atoms with Crippen molar-refractivity contribution in [1.82, 2.24) is 4.90 Å². The molecule has 0 spiro atoms. The average Bonchev–Trinajstić information content (AvgIpc) is 2.93. The number of nitrogens with two attached hydrogens (primary N) is 1. The Morgan fingerprint density at radius 1 is 1.68 bits per heavy atom. The molecule has 0 aliphatic carbocycles. The van der Waals surface area contributed by atoms with Gasteiger partial charge in [-0.1, -0.05) is 6.92 Å². The summed E-state index contributed by atoms with van der Waals surface area (Å²) in [5, 5.41) is 0. The number of ether oxygens (including phenoxy) is 1. The van der Waals surface area contributed by atoms with Gasteiger partial charge in [-0.15, -0.1) is 23.7 Å². The van der Waals surface area contributed by atoms with Gasteiger partial charge in [0.1, 0.15) is 9.54 Å². The monoisotopic (exact) mass is 368 g/mol. The van der Waals surface area contributed by atoms with Crippen LogP contribution < -0.4 is 10.5 Å². The number of rotatable bonds is 3. The largest absolute Gasteiger partial charge is 0.495 e. The maximum atomic E-state index is 12.4. The molecule has 0 aromatic carbocycles. The smallest absolute Gasteiger partial charge is 0.264 e. The second-order valence-corrected chi connectivity index (χ2v) is 7.31. The summed E-state index contributed by atoms with van der Waals surface area (Å²) in [5.74, 6) is 0.783. The van der Waals surface area contributed by atoms with Crippen LogP contribution in [0.4, 0.5) is 0 Å². The SMILES string of the molecule is COc1cc(C(=O)N2CCC(C)(CN)C2)sc1Br.Cl. The highest BCUT2D eigenvalue weighted by atomic mass is 79.9. The molecule has 2 N–H and O–H groups in total. The van der Waals surface area contributed by atoms with E-state index < -0.39 is 0 Å². The normalized spacial score (nSPS) is 22.2. The Balaban J connectivity index is 0.00000180. The lowest BCUT2D eigenvalue weighted by atomic mass is 9.90. The van der Waals surface area contributed by atoms with Crippen LogP contribution in [-0.2, 0) is 0 Å². The van der Waals surface area contributed by atoms with E-state index in [0.717, 1.165) is 23.3 Å². The van der Waals surface area contributed by atoms with E-state index in [2.05, 4.69) is 22.9 Å². The summed E-state index contributed by atoms with van der Waals surface area (Å²) in [6.45, 7) is 4.27. The molecule has 1 atom stereocenters. The minimum absolute atomic E-state index is 0. The van der Waals surface area contributed by atoms with Gasteiger partial charge in [0.05, 0.1) is 12.0 Å². The van der Waals surface area contributed by atoms with Crippen molar-refractivity contribution in [1.29, 1.82) is 0 Å². The maximum Gasteiger partial charge on any atom is 0.264 e. The van der Waals surface area contributed by atoms with E-state index >= 15 is 0 Å². The number of thiophene rings is 1. The number of carbonyl (C=O) groups excluding carboxylic acids is 1. The predicted octanol–water partition coefficient (Wildman–Crippen LogP) is 2.75. The summed E-state index contributed by atoms with van der Waals surface area (Å²) in [5.41, 5.74) is 5.82. The van der Waals surface area contributed by atoms with E-state index in [-0.39, 0.29) is 23.7 Å². The van der Waals surface area contributed by atoms with Crippen molar-refractivity contribution in [2.24, 2.45) is 11.1 Å². The van der Waals surface area contributed by atoms with Crippen molar-refractivity contribution in [3.8, 4) is 5.75 Å². The zero-order valence-corrected chi connectivity index (χ0v) is 14.2.